The zero-order valence-electron chi connectivity index (χ0n) is 7.43. The first-order valence-corrected chi connectivity index (χ1v) is 4.12. The van der Waals surface area contributed by atoms with Gasteiger partial charge in [0.05, 0.1) is 0 Å². The van der Waals surface area contributed by atoms with E-state index in [-0.39, 0.29) is 6.42 Å². The average molecular weight is 198 g/mol. The molecule has 0 spiro atoms. The highest BCUT2D eigenvalue weighted by atomic mass is 16.7. The molecule has 0 atom stereocenters. The summed E-state index contributed by atoms with van der Waals surface area (Å²) in [6.45, 7) is 0.356. The van der Waals surface area contributed by atoms with Crippen LogP contribution >= 0.6 is 0 Å². The number of hydroxylamine groups is 2. The summed E-state index contributed by atoms with van der Waals surface area (Å²) >= 11 is 0. The molecule has 6 nitrogen and oxygen atoms in total. The van der Waals surface area contributed by atoms with E-state index in [2.05, 4.69) is 4.84 Å². The van der Waals surface area contributed by atoms with Gasteiger partial charge in [0.1, 0.15) is 0 Å². The third kappa shape index (κ3) is 2.40. The van der Waals surface area contributed by atoms with Gasteiger partial charge < -0.3 is 10.6 Å². The van der Waals surface area contributed by atoms with Crippen LogP contribution in [0, 0.1) is 0 Å². The Morgan fingerprint density at radius 2 is 1.93 bits per heavy atom. The zero-order chi connectivity index (χ0) is 10.6. The first kappa shape index (κ1) is 10.4. The molecular weight excluding hydrogens is 188 g/mol. The van der Waals surface area contributed by atoms with Crippen LogP contribution in [0.5, 0.6) is 0 Å². The van der Waals surface area contributed by atoms with Crippen molar-refractivity contribution in [1.29, 1.82) is 0 Å². The van der Waals surface area contributed by atoms with E-state index in [4.69, 9.17) is 5.73 Å². The van der Waals surface area contributed by atoms with Gasteiger partial charge in [-0.25, -0.2) is 4.79 Å². The lowest BCUT2D eigenvalue weighted by molar-refractivity contribution is -0.196. The number of nitrogens with zero attached hydrogens (tertiary/aromatic N) is 1. The third-order valence-corrected chi connectivity index (χ3v) is 1.55. The number of imide groups is 1. The Morgan fingerprint density at radius 3 is 2.43 bits per heavy atom. The first-order chi connectivity index (χ1) is 6.65. The Morgan fingerprint density at radius 1 is 1.36 bits per heavy atom. The van der Waals surface area contributed by atoms with E-state index in [9.17, 15) is 14.4 Å². The maximum Gasteiger partial charge on any atom is 0.333 e. The van der Waals surface area contributed by atoms with E-state index in [1.54, 1.807) is 0 Å². The normalized spacial score (nSPS) is 15.1. The first-order valence-electron chi connectivity index (χ1n) is 4.12. The van der Waals surface area contributed by atoms with Gasteiger partial charge in [-0.15, -0.1) is 0 Å². The third-order valence-electron chi connectivity index (χ3n) is 1.55. The maximum absolute atomic E-state index is 11.0. The molecule has 0 aromatic carbocycles. The average Bonchev–Trinajstić information content (AvgIpc) is 2.46. The summed E-state index contributed by atoms with van der Waals surface area (Å²) in [5.74, 6) is -1.92. The van der Waals surface area contributed by atoms with Crippen molar-refractivity contribution in [2.24, 2.45) is 5.73 Å². The molecule has 76 valence electrons. The quantitative estimate of drug-likeness (QED) is 0.592. The molecule has 0 aliphatic carbocycles. The minimum absolute atomic E-state index is 0.0908. The predicted molar refractivity (Wildman–Crippen MR) is 45.4 cm³/mol. The second-order valence-electron chi connectivity index (χ2n) is 2.66. The van der Waals surface area contributed by atoms with E-state index < -0.39 is 17.8 Å². The van der Waals surface area contributed by atoms with Crippen molar-refractivity contribution >= 4 is 17.8 Å². The lowest BCUT2D eigenvalue weighted by Gasteiger charge is -2.11. The Bertz CT molecular complexity index is 280. The topological polar surface area (TPSA) is 89.7 Å². The van der Waals surface area contributed by atoms with Gasteiger partial charge in [0, 0.05) is 18.6 Å². The zero-order valence-corrected chi connectivity index (χ0v) is 7.43. The van der Waals surface area contributed by atoms with E-state index >= 15 is 0 Å². The summed E-state index contributed by atoms with van der Waals surface area (Å²) in [6.07, 6.45) is 2.63. The van der Waals surface area contributed by atoms with Crippen LogP contribution in [-0.2, 0) is 19.2 Å². The number of nitrogens with two attached hydrogens (primary N) is 1. The largest absolute Gasteiger partial charge is 0.333 e. The molecule has 0 aromatic heterocycles. The van der Waals surface area contributed by atoms with E-state index in [0.717, 1.165) is 12.2 Å². The van der Waals surface area contributed by atoms with Gasteiger partial charge in [-0.1, -0.05) is 5.06 Å². The van der Waals surface area contributed by atoms with Crippen LogP contribution in [0.3, 0.4) is 0 Å². The fourth-order valence-corrected chi connectivity index (χ4v) is 0.870. The lowest BCUT2D eigenvalue weighted by Crippen LogP contribution is -2.32. The Kier molecular flexibility index (Phi) is 3.35. The van der Waals surface area contributed by atoms with E-state index in [1.807, 2.05) is 0 Å². The predicted octanol–water partition coefficient (Wildman–Crippen LogP) is -0.892. The molecule has 6 heteroatoms. The van der Waals surface area contributed by atoms with Crippen LogP contribution in [-0.4, -0.2) is 29.4 Å². The van der Waals surface area contributed by atoms with Crippen molar-refractivity contribution < 1.29 is 19.2 Å². The molecule has 0 fully saturated rings. The summed E-state index contributed by atoms with van der Waals surface area (Å²) < 4.78 is 0. The van der Waals surface area contributed by atoms with Gasteiger partial charge in [-0.05, 0) is 13.0 Å². The van der Waals surface area contributed by atoms with Crippen molar-refractivity contribution in [3.05, 3.63) is 12.2 Å². The number of hydrogen-bond acceptors (Lipinski definition) is 5. The van der Waals surface area contributed by atoms with Gasteiger partial charge in [-0.2, -0.15) is 0 Å². The smallest absolute Gasteiger partial charge is 0.330 e. The molecule has 0 radical (unpaired) electrons. The van der Waals surface area contributed by atoms with Gasteiger partial charge in [0.2, 0.25) is 0 Å². The van der Waals surface area contributed by atoms with Gasteiger partial charge in [0.15, 0.2) is 0 Å². The molecule has 2 N–H and O–H groups in total. The molecule has 1 heterocycles. The molecule has 0 saturated carbocycles. The van der Waals surface area contributed by atoms with Gasteiger partial charge >= 0.3 is 5.97 Å². The second kappa shape index (κ2) is 4.52. The number of carbonyl (C=O) groups is 3. The van der Waals surface area contributed by atoms with Crippen LogP contribution in [0.25, 0.3) is 0 Å². The van der Waals surface area contributed by atoms with Crippen molar-refractivity contribution in [3.8, 4) is 0 Å². The molecule has 0 unspecified atom stereocenters. The molecule has 1 rings (SSSR count). The number of carbonyl (C=O) groups excluding carboxylic acids is 3. The van der Waals surface area contributed by atoms with Gasteiger partial charge in [-0.3, -0.25) is 9.59 Å². The Balaban J connectivity index is 2.41. The number of rotatable bonds is 4. The number of amides is 2. The summed E-state index contributed by atoms with van der Waals surface area (Å²) in [5.41, 5.74) is 5.17. The second-order valence-corrected chi connectivity index (χ2v) is 2.66. The Hall–Kier alpha value is -1.69. The van der Waals surface area contributed by atoms with Gasteiger partial charge in [0.25, 0.3) is 11.8 Å². The standard InChI is InChI=1S/C8H10N2O4/c9-5-1-2-8(13)14-10-6(11)3-4-7(10)12/h3-4H,1-2,5,9H2. The minimum Gasteiger partial charge on any atom is -0.330 e. The Labute approximate surface area is 80.3 Å². The van der Waals surface area contributed by atoms with Crippen molar-refractivity contribution in [1.82, 2.24) is 5.06 Å². The lowest BCUT2D eigenvalue weighted by atomic mass is 10.3. The van der Waals surface area contributed by atoms with Crippen LogP contribution in [0.2, 0.25) is 0 Å². The van der Waals surface area contributed by atoms with Crippen molar-refractivity contribution in [3.63, 3.8) is 0 Å². The van der Waals surface area contributed by atoms with E-state index in [1.165, 1.54) is 0 Å². The van der Waals surface area contributed by atoms with Crippen LogP contribution < -0.4 is 5.73 Å². The summed E-state index contributed by atoms with van der Waals surface area (Å²) in [6, 6.07) is 0. The molecule has 1 aliphatic rings. The maximum atomic E-state index is 11.0. The highest BCUT2D eigenvalue weighted by Crippen LogP contribution is 2.05. The molecule has 0 bridgehead atoms. The monoisotopic (exact) mass is 198 g/mol. The fourth-order valence-electron chi connectivity index (χ4n) is 0.870. The minimum atomic E-state index is -0.643. The van der Waals surface area contributed by atoms with Crippen LogP contribution in [0.4, 0.5) is 0 Å². The van der Waals surface area contributed by atoms with Crippen molar-refractivity contribution in [2.45, 2.75) is 12.8 Å². The molecule has 0 aromatic rings. The fraction of sp³-hybridized carbons (Fsp3) is 0.375. The van der Waals surface area contributed by atoms with Crippen LogP contribution in [0.1, 0.15) is 12.8 Å². The summed E-state index contributed by atoms with van der Waals surface area (Å²) in [4.78, 5) is 37.3. The molecule has 0 saturated heterocycles. The highest BCUT2D eigenvalue weighted by Gasteiger charge is 2.27. The number of hydrogen-bond donors (Lipinski definition) is 1. The summed E-state index contributed by atoms with van der Waals surface area (Å²) in [7, 11) is 0. The van der Waals surface area contributed by atoms with Crippen LogP contribution in [0.15, 0.2) is 12.2 Å². The highest BCUT2D eigenvalue weighted by molar-refractivity contribution is 6.12. The molecule has 2 amide bonds. The molecular formula is C8H10N2O4. The molecule has 14 heavy (non-hydrogen) atoms. The SMILES string of the molecule is NCCCC(=O)ON1C(=O)C=CC1=O. The van der Waals surface area contributed by atoms with Crippen molar-refractivity contribution in [2.75, 3.05) is 6.54 Å². The van der Waals surface area contributed by atoms with E-state index in [0.29, 0.717) is 18.0 Å². The molecule has 1 aliphatic heterocycles. The summed E-state index contributed by atoms with van der Waals surface area (Å²) in [5, 5.41) is 0.429.